The van der Waals surface area contributed by atoms with Crippen LogP contribution in [-0.4, -0.2) is 30.8 Å². The van der Waals surface area contributed by atoms with Crippen molar-refractivity contribution in [3.63, 3.8) is 0 Å². The van der Waals surface area contributed by atoms with Crippen LogP contribution in [0.5, 0.6) is 0 Å². The number of nitrogens with one attached hydrogen (secondary N) is 3. The molecule has 1 aromatic rings. The van der Waals surface area contributed by atoms with E-state index in [9.17, 15) is 14.4 Å². The molecule has 0 heterocycles. The minimum atomic E-state index is -0.509. The molecule has 0 unspecified atom stereocenters. The van der Waals surface area contributed by atoms with E-state index < -0.39 is 5.91 Å². The molecule has 0 aliphatic rings. The topological polar surface area (TPSA) is 87.3 Å². The first-order chi connectivity index (χ1) is 10.5. The van der Waals surface area contributed by atoms with E-state index in [0.717, 1.165) is 12.0 Å². The number of amides is 3. The first-order valence-corrected chi connectivity index (χ1v) is 7.12. The van der Waals surface area contributed by atoms with Gasteiger partial charge < -0.3 is 16.0 Å². The number of hydrogen-bond acceptors (Lipinski definition) is 3. The van der Waals surface area contributed by atoms with Crippen LogP contribution in [0.15, 0.2) is 36.0 Å². The number of benzene rings is 1. The molecule has 0 bridgehead atoms. The third kappa shape index (κ3) is 6.69. The van der Waals surface area contributed by atoms with E-state index in [-0.39, 0.29) is 24.1 Å². The van der Waals surface area contributed by atoms with Gasteiger partial charge in [-0.15, -0.1) is 0 Å². The quantitative estimate of drug-likeness (QED) is 0.651. The fourth-order valence-corrected chi connectivity index (χ4v) is 1.65. The molecule has 0 aromatic heterocycles. The lowest BCUT2D eigenvalue weighted by Crippen LogP contribution is -2.40. The average Bonchev–Trinajstić information content (AvgIpc) is 2.50. The van der Waals surface area contributed by atoms with E-state index in [2.05, 4.69) is 16.0 Å². The fourth-order valence-electron chi connectivity index (χ4n) is 1.65. The Morgan fingerprint density at radius 1 is 1.09 bits per heavy atom. The summed E-state index contributed by atoms with van der Waals surface area (Å²) < 4.78 is 0. The number of hydrogen-bond donors (Lipinski definition) is 3. The molecule has 0 saturated carbocycles. The highest BCUT2D eigenvalue weighted by atomic mass is 16.2. The molecule has 6 nitrogen and oxygen atoms in total. The molecular formula is C16H21N3O3. The van der Waals surface area contributed by atoms with Crippen LogP contribution < -0.4 is 16.0 Å². The Balaban J connectivity index is 2.71. The smallest absolute Gasteiger partial charge is 0.268 e. The molecule has 3 N–H and O–H groups in total. The lowest BCUT2D eigenvalue weighted by Gasteiger charge is -2.10. The molecule has 6 heteroatoms. The van der Waals surface area contributed by atoms with Crippen molar-refractivity contribution in [2.24, 2.45) is 0 Å². The summed E-state index contributed by atoms with van der Waals surface area (Å²) in [5.74, 6) is -1.13. The molecule has 0 aliphatic carbocycles. The Labute approximate surface area is 130 Å². The minimum absolute atomic E-state index is 0.0991. The summed E-state index contributed by atoms with van der Waals surface area (Å²) in [7, 11) is 0. The molecule has 0 fully saturated rings. The van der Waals surface area contributed by atoms with Crippen LogP contribution in [0.4, 0.5) is 0 Å². The van der Waals surface area contributed by atoms with Crippen LogP contribution in [0.2, 0.25) is 0 Å². The van der Waals surface area contributed by atoms with Crippen molar-refractivity contribution >= 4 is 23.8 Å². The maximum atomic E-state index is 12.1. The lowest BCUT2D eigenvalue weighted by molar-refractivity contribution is -0.125. The Morgan fingerprint density at radius 2 is 1.77 bits per heavy atom. The zero-order chi connectivity index (χ0) is 16.4. The van der Waals surface area contributed by atoms with Crippen molar-refractivity contribution in [1.29, 1.82) is 0 Å². The van der Waals surface area contributed by atoms with E-state index in [1.54, 1.807) is 6.08 Å². The van der Waals surface area contributed by atoms with Gasteiger partial charge in [0.25, 0.3) is 5.91 Å². The lowest BCUT2D eigenvalue weighted by atomic mass is 10.2. The highest BCUT2D eigenvalue weighted by Gasteiger charge is 2.12. The largest absolute Gasteiger partial charge is 0.355 e. The van der Waals surface area contributed by atoms with E-state index in [1.165, 1.54) is 6.92 Å². The first kappa shape index (κ1) is 17.4. The summed E-state index contributed by atoms with van der Waals surface area (Å²) in [6, 6.07) is 9.13. The zero-order valence-corrected chi connectivity index (χ0v) is 12.8. The van der Waals surface area contributed by atoms with E-state index in [0.29, 0.717) is 6.54 Å². The molecule has 0 aliphatic heterocycles. The zero-order valence-electron chi connectivity index (χ0n) is 12.8. The third-order valence-corrected chi connectivity index (χ3v) is 2.65. The molecule has 0 radical (unpaired) electrons. The van der Waals surface area contributed by atoms with Gasteiger partial charge in [0.15, 0.2) is 0 Å². The molecule has 1 rings (SSSR count). The second-order valence-corrected chi connectivity index (χ2v) is 4.68. The second kappa shape index (κ2) is 9.33. The maximum Gasteiger partial charge on any atom is 0.268 e. The van der Waals surface area contributed by atoms with Gasteiger partial charge >= 0.3 is 0 Å². The van der Waals surface area contributed by atoms with Gasteiger partial charge in [0, 0.05) is 13.5 Å². The maximum absolute atomic E-state index is 12.1. The van der Waals surface area contributed by atoms with Crippen molar-refractivity contribution in [1.82, 2.24) is 16.0 Å². The minimum Gasteiger partial charge on any atom is -0.355 e. The average molecular weight is 303 g/mol. The van der Waals surface area contributed by atoms with Crippen molar-refractivity contribution in [3.8, 4) is 0 Å². The van der Waals surface area contributed by atoms with Crippen molar-refractivity contribution < 1.29 is 14.4 Å². The van der Waals surface area contributed by atoms with Crippen molar-refractivity contribution in [2.45, 2.75) is 20.3 Å². The number of carbonyl (C=O) groups excluding carboxylic acids is 3. The van der Waals surface area contributed by atoms with Gasteiger partial charge in [-0.3, -0.25) is 14.4 Å². The second-order valence-electron chi connectivity index (χ2n) is 4.68. The van der Waals surface area contributed by atoms with Crippen LogP contribution in [0.3, 0.4) is 0 Å². The predicted molar refractivity (Wildman–Crippen MR) is 84.5 cm³/mol. The molecule has 0 atom stereocenters. The number of rotatable bonds is 7. The Bertz CT molecular complexity index is 553. The normalized spacial score (nSPS) is 10.7. The Morgan fingerprint density at radius 3 is 2.36 bits per heavy atom. The summed E-state index contributed by atoms with van der Waals surface area (Å²) in [6.07, 6.45) is 2.38. The van der Waals surface area contributed by atoms with Crippen LogP contribution in [0.1, 0.15) is 25.8 Å². The fraction of sp³-hybridized carbons (Fsp3) is 0.312. The summed E-state index contributed by atoms with van der Waals surface area (Å²) in [4.78, 5) is 34.8. The van der Waals surface area contributed by atoms with Crippen molar-refractivity contribution in [2.75, 3.05) is 13.1 Å². The van der Waals surface area contributed by atoms with Gasteiger partial charge in [0.2, 0.25) is 11.8 Å². The highest BCUT2D eigenvalue weighted by Crippen LogP contribution is 2.05. The standard InChI is InChI=1S/C16H21N3O3/c1-3-9-17-15(21)11-18-16(22)14(19-12(2)20)10-13-7-5-4-6-8-13/h4-8,10H,3,9,11H2,1-2H3,(H,17,21)(H,18,22)(H,19,20)/b14-10-. The van der Waals surface area contributed by atoms with Gasteiger partial charge in [-0.2, -0.15) is 0 Å². The summed E-state index contributed by atoms with van der Waals surface area (Å²) >= 11 is 0. The van der Waals surface area contributed by atoms with Crippen LogP contribution in [-0.2, 0) is 14.4 Å². The molecule has 118 valence electrons. The Kier molecular flexibility index (Phi) is 7.39. The first-order valence-electron chi connectivity index (χ1n) is 7.12. The molecule has 1 aromatic carbocycles. The molecule has 0 saturated heterocycles. The van der Waals surface area contributed by atoms with Gasteiger partial charge in [-0.05, 0) is 18.1 Å². The SMILES string of the molecule is CCCNC(=O)CNC(=O)/C(=C/c1ccccc1)NC(C)=O. The van der Waals surface area contributed by atoms with Gasteiger partial charge in [0.05, 0.1) is 6.54 Å². The van der Waals surface area contributed by atoms with Gasteiger partial charge in [-0.1, -0.05) is 37.3 Å². The summed E-state index contributed by atoms with van der Waals surface area (Å²) in [5, 5.41) is 7.61. The molecular weight excluding hydrogens is 282 g/mol. The number of carbonyl (C=O) groups is 3. The molecule has 0 spiro atoms. The van der Waals surface area contributed by atoms with E-state index >= 15 is 0 Å². The van der Waals surface area contributed by atoms with E-state index in [4.69, 9.17) is 0 Å². The van der Waals surface area contributed by atoms with Gasteiger partial charge in [0.1, 0.15) is 5.70 Å². The third-order valence-electron chi connectivity index (χ3n) is 2.65. The summed E-state index contributed by atoms with van der Waals surface area (Å²) in [5.41, 5.74) is 0.874. The Hall–Kier alpha value is -2.63. The van der Waals surface area contributed by atoms with Crippen LogP contribution in [0, 0.1) is 0 Å². The molecule has 22 heavy (non-hydrogen) atoms. The predicted octanol–water partition coefficient (Wildman–Crippen LogP) is 0.806. The summed E-state index contributed by atoms with van der Waals surface area (Å²) in [6.45, 7) is 3.69. The van der Waals surface area contributed by atoms with Crippen LogP contribution >= 0.6 is 0 Å². The highest BCUT2D eigenvalue weighted by molar-refractivity contribution is 6.02. The van der Waals surface area contributed by atoms with E-state index in [1.807, 2.05) is 37.3 Å². The van der Waals surface area contributed by atoms with Gasteiger partial charge in [-0.25, -0.2) is 0 Å². The van der Waals surface area contributed by atoms with Crippen molar-refractivity contribution in [3.05, 3.63) is 41.6 Å². The molecule has 3 amide bonds. The monoisotopic (exact) mass is 303 g/mol. The van der Waals surface area contributed by atoms with Crippen LogP contribution in [0.25, 0.3) is 6.08 Å².